The minimum atomic E-state index is -1.13. The van der Waals surface area contributed by atoms with Crippen LogP contribution in [0.2, 0.25) is 0 Å². The molecule has 0 bridgehead atoms. The number of pyridine rings is 1. The number of carbonyl (C=O) groups excluding carboxylic acids is 1. The molecule has 0 aliphatic heterocycles. The van der Waals surface area contributed by atoms with E-state index < -0.39 is 5.97 Å². The van der Waals surface area contributed by atoms with E-state index in [0.717, 1.165) is 18.8 Å². The number of aromatic carboxylic acids is 1. The molecule has 2 unspecified atom stereocenters. The molecule has 0 spiro atoms. The number of amides is 1. The van der Waals surface area contributed by atoms with Gasteiger partial charge in [0.25, 0.3) is 5.91 Å². The molecule has 1 amide bonds. The van der Waals surface area contributed by atoms with Gasteiger partial charge in [0.2, 0.25) is 0 Å². The molecule has 1 aromatic heterocycles. The Morgan fingerprint density at radius 1 is 1.37 bits per heavy atom. The van der Waals surface area contributed by atoms with Gasteiger partial charge < -0.3 is 10.4 Å². The van der Waals surface area contributed by atoms with Gasteiger partial charge in [-0.25, -0.2) is 9.78 Å². The molecule has 5 heteroatoms. The smallest absolute Gasteiger partial charge is 0.354 e. The Balaban J connectivity index is 1.92. The van der Waals surface area contributed by atoms with Crippen molar-refractivity contribution >= 4 is 11.9 Å². The summed E-state index contributed by atoms with van der Waals surface area (Å²) in [5.74, 6) is -0.168. The predicted octanol–water partition coefficient (Wildman–Crippen LogP) is 1.95. The van der Waals surface area contributed by atoms with Crippen molar-refractivity contribution in [1.82, 2.24) is 10.3 Å². The maximum atomic E-state index is 11.9. The molecule has 0 saturated heterocycles. The van der Waals surface area contributed by atoms with E-state index in [1.165, 1.54) is 24.6 Å². The Morgan fingerprint density at radius 3 is 2.74 bits per heavy atom. The average molecular weight is 262 g/mol. The van der Waals surface area contributed by atoms with Crippen molar-refractivity contribution in [2.24, 2.45) is 11.8 Å². The highest BCUT2D eigenvalue weighted by atomic mass is 16.4. The highest BCUT2D eigenvalue weighted by Crippen LogP contribution is 2.29. The zero-order valence-electron chi connectivity index (χ0n) is 10.9. The number of aromatic nitrogens is 1. The first-order chi connectivity index (χ1) is 9.06. The van der Waals surface area contributed by atoms with Crippen LogP contribution in [0.4, 0.5) is 0 Å². The molecule has 1 heterocycles. The van der Waals surface area contributed by atoms with Gasteiger partial charge >= 0.3 is 5.97 Å². The van der Waals surface area contributed by atoms with Gasteiger partial charge in [0.15, 0.2) is 0 Å². The molecular formula is C14H18N2O3. The van der Waals surface area contributed by atoms with E-state index in [4.69, 9.17) is 5.11 Å². The number of carbonyl (C=O) groups is 2. The van der Waals surface area contributed by atoms with E-state index >= 15 is 0 Å². The zero-order valence-corrected chi connectivity index (χ0v) is 10.9. The summed E-state index contributed by atoms with van der Waals surface area (Å²) in [4.78, 5) is 26.5. The maximum Gasteiger partial charge on any atom is 0.354 e. The highest BCUT2D eigenvalue weighted by Gasteiger charge is 2.22. The third-order valence-electron chi connectivity index (χ3n) is 3.56. The van der Waals surface area contributed by atoms with Crippen molar-refractivity contribution in [2.45, 2.75) is 26.2 Å². The van der Waals surface area contributed by atoms with Crippen LogP contribution in [0.5, 0.6) is 0 Å². The van der Waals surface area contributed by atoms with Gasteiger partial charge in [-0.15, -0.1) is 0 Å². The van der Waals surface area contributed by atoms with E-state index in [2.05, 4.69) is 17.2 Å². The van der Waals surface area contributed by atoms with Crippen LogP contribution >= 0.6 is 0 Å². The summed E-state index contributed by atoms with van der Waals surface area (Å²) in [7, 11) is 0. The molecule has 2 N–H and O–H groups in total. The summed E-state index contributed by atoms with van der Waals surface area (Å²) in [6.45, 7) is 2.86. The normalized spacial score (nSPS) is 22.2. The Morgan fingerprint density at radius 2 is 2.11 bits per heavy atom. The summed E-state index contributed by atoms with van der Waals surface area (Å²) in [6, 6.07) is 4.43. The van der Waals surface area contributed by atoms with Crippen LogP contribution in [-0.2, 0) is 0 Å². The number of rotatable bonds is 4. The van der Waals surface area contributed by atoms with Gasteiger partial charge in [-0.1, -0.05) is 19.4 Å². The molecule has 0 aromatic carbocycles. The Hall–Kier alpha value is -1.91. The van der Waals surface area contributed by atoms with Gasteiger partial charge in [-0.3, -0.25) is 4.79 Å². The van der Waals surface area contributed by atoms with Crippen LogP contribution < -0.4 is 5.32 Å². The molecule has 1 aliphatic rings. The van der Waals surface area contributed by atoms with Crippen LogP contribution in [-0.4, -0.2) is 28.5 Å². The van der Waals surface area contributed by atoms with E-state index in [0.29, 0.717) is 12.5 Å². The first kappa shape index (κ1) is 13.5. The van der Waals surface area contributed by atoms with E-state index in [-0.39, 0.29) is 17.3 Å². The second-order valence-corrected chi connectivity index (χ2v) is 5.21. The van der Waals surface area contributed by atoms with Gasteiger partial charge in [0, 0.05) is 6.54 Å². The van der Waals surface area contributed by atoms with Crippen molar-refractivity contribution < 1.29 is 14.7 Å². The van der Waals surface area contributed by atoms with Crippen LogP contribution in [0, 0.1) is 11.8 Å². The summed E-state index contributed by atoms with van der Waals surface area (Å²) in [6.07, 6.45) is 3.50. The van der Waals surface area contributed by atoms with Gasteiger partial charge in [-0.2, -0.15) is 0 Å². The lowest BCUT2D eigenvalue weighted by Gasteiger charge is -2.10. The molecule has 1 aromatic rings. The molecule has 1 fully saturated rings. The van der Waals surface area contributed by atoms with Gasteiger partial charge in [-0.05, 0) is 36.8 Å². The molecular weight excluding hydrogens is 244 g/mol. The standard InChI is InChI=1S/C14H18N2O3/c1-9-5-6-10(7-9)8-15-13(17)11-3-2-4-12(16-11)14(18)19/h2-4,9-10H,5-8H2,1H3,(H,15,17)(H,18,19). The highest BCUT2D eigenvalue weighted by molar-refractivity contribution is 5.94. The van der Waals surface area contributed by atoms with Crippen molar-refractivity contribution in [3.8, 4) is 0 Å². The molecule has 19 heavy (non-hydrogen) atoms. The second-order valence-electron chi connectivity index (χ2n) is 5.21. The lowest BCUT2D eigenvalue weighted by Crippen LogP contribution is -2.29. The summed E-state index contributed by atoms with van der Waals surface area (Å²) in [5.41, 5.74) is 0.0492. The third-order valence-corrected chi connectivity index (χ3v) is 3.56. The fraction of sp³-hybridized carbons (Fsp3) is 0.500. The Bertz CT molecular complexity index is 487. The summed E-state index contributed by atoms with van der Waals surface area (Å²) in [5, 5.41) is 11.7. The lowest BCUT2D eigenvalue weighted by molar-refractivity contribution is 0.0690. The first-order valence-corrected chi connectivity index (χ1v) is 6.55. The molecule has 1 saturated carbocycles. The van der Waals surface area contributed by atoms with Crippen LogP contribution in [0.25, 0.3) is 0 Å². The largest absolute Gasteiger partial charge is 0.477 e. The predicted molar refractivity (Wildman–Crippen MR) is 70.0 cm³/mol. The minimum absolute atomic E-state index is 0.109. The van der Waals surface area contributed by atoms with E-state index in [1.54, 1.807) is 0 Å². The van der Waals surface area contributed by atoms with Crippen molar-refractivity contribution in [3.63, 3.8) is 0 Å². The average Bonchev–Trinajstić information content (AvgIpc) is 2.82. The lowest BCUT2D eigenvalue weighted by atomic mass is 10.1. The third kappa shape index (κ3) is 3.53. The minimum Gasteiger partial charge on any atom is -0.477 e. The first-order valence-electron chi connectivity index (χ1n) is 6.55. The summed E-state index contributed by atoms with van der Waals surface area (Å²) >= 11 is 0. The maximum absolute atomic E-state index is 11.9. The van der Waals surface area contributed by atoms with Crippen LogP contribution in [0.3, 0.4) is 0 Å². The topological polar surface area (TPSA) is 79.3 Å². The molecule has 2 atom stereocenters. The fourth-order valence-corrected chi connectivity index (χ4v) is 2.52. The van der Waals surface area contributed by atoms with Crippen molar-refractivity contribution in [3.05, 3.63) is 29.6 Å². The zero-order chi connectivity index (χ0) is 13.8. The second kappa shape index (κ2) is 5.82. The quantitative estimate of drug-likeness (QED) is 0.869. The molecule has 0 radical (unpaired) electrons. The van der Waals surface area contributed by atoms with Crippen LogP contribution in [0.15, 0.2) is 18.2 Å². The van der Waals surface area contributed by atoms with E-state index in [1.807, 2.05) is 0 Å². The van der Waals surface area contributed by atoms with Crippen molar-refractivity contribution in [1.29, 1.82) is 0 Å². The number of nitrogens with zero attached hydrogens (tertiary/aromatic N) is 1. The number of carboxylic acids is 1. The molecule has 2 rings (SSSR count). The SMILES string of the molecule is CC1CCC(CNC(=O)c2cccc(C(=O)O)n2)C1. The van der Waals surface area contributed by atoms with Gasteiger partial charge in [0.1, 0.15) is 11.4 Å². The Labute approximate surface area is 112 Å². The van der Waals surface area contributed by atoms with Crippen molar-refractivity contribution in [2.75, 3.05) is 6.54 Å². The fourth-order valence-electron chi connectivity index (χ4n) is 2.52. The summed E-state index contributed by atoms with van der Waals surface area (Å²) < 4.78 is 0. The van der Waals surface area contributed by atoms with Gasteiger partial charge in [0.05, 0.1) is 0 Å². The number of nitrogens with one attached hydrogen (secondary N) is 1. The molecule has 102 valence electrons. The Kier molecular flexibility index (Phi) is 4.14. The molecule has 5 nitrogen and oxygen atoms in total. The molecule has 1 aliphatic carbocycles. The number of hydrogen-bond acceptors (Lipinski definition) is 3. The monoisotopic (exact) mass is 262 g/mol. The number of hydrogen-bond donors (Lipinski definition) is 2. The van der Waals surface area contributed by atoms with Crippen LogP contribution in [0.1, 0.15) is 47.2 Å². The number of carboxylic acid groups (broad SMARTS) is 1. The van der Waals surface area contributed by atoms with E-state index in [9.17, 15) is 9.59 Å².